The van der Waals surface area contributed by atoms with Crippen LogP contribution >= 0.6 is 0 Å². The van der Waals surface area contributed by atoms with Gasteiger partial charge in [-0.25, -0.2) is 10.4 Å². The number of benzene rings is 3. The average Bonchev–Trinajstić information content (AvgIpc) is 2.95. The van der Waals surface area contributed by atoms with Crippen molar-refractivity contribution in [2.24, 2.45) is 5.10 Å². The zero-order valence-electron chi connectivity index (χ0n) is 21.3. The predicted octanol–water partition coefficient (Wildman–Crippen LogP) is 4.07. The molecule has 1 fully saturated rings. The van der Waals surface area contributed by atoms with E-state index in [1.807, 2.05) is 79.7 Å². The van der Waals surface area contributed by atoms with Crippen molar-refractivity contribution in [3.05, 3.63) is 102 Å². The highest BCUT2D eigenvalue weighted by atomic mass is 16.2. The monoisotopic (exact) mass is 506 g/mol. The third kappa shape index (κ3) is 6.04. The van der Waals surface area contributed by atoms with Crippen molar-refractivity contribution in [2.75, 3.05) is 42.9 Å². The van der Waals surface area contributed by atoms with Crippen molar-refractivity contribution in [3.63, 3.8) is 0 Å². The molecule has 2 heterocycles. The zero-order chi connectivity index (χ0) is 26.3. The first-order valence-electron chi connectivity index (χ1n) is 12.7. The Morgan fingerprint density at radius 2 is 1.63 bits per heavy atom. The number of pyridine rings is 1. The smallest absolute Gasteiger partial charge is 0.271 e. The number of para-hydroxylation sites is 2. The lowest BCUT2D eigenvalue weighted by Gasteiger charge is -2.35. The number of amides is 2. The zero-order valence-corrected chi connectivity index (χ0v) is 21.3. The number of fused-ring (bicyclic) bond motifs is 1. The first-order valence-corrected chi connectivity index (χ1v) is 12.7. The van der Waals surface area contributed by atoms with Crippen LogP contribution in [0.5, 0.6) is 0 Å². The summed E-state index contributed by atoms with van der Waals surface area (Å²) in [5.74, 6) is 0.527. The van der Waals surface area contributed by atoms with E-state index in [0.29, 0.717) is 12.1 Å². The normalized spacial score (nSPS) is 14.1. The van der Waals surface area contributed by atoms with Crippen molar-refractivity contribution in [1.29, 1.82) is 0 Å². The Balaban J connectivity index is 1.26. The molecule has 0 radical (unpaired) electrons. The number of hydrogen-bond acceptors (Lipinski definition) is 6. The maximum absolute atomic E-state index is 12.6. The summed E-state index contributed by atoms with van der Waals surface area (Å²) in [6.45, 7) is 5.24. The second-order valence-corrected chi connectivity index (χ2v) is 9.29. The third-order valence-corrected chi connectivity index (χ3v) is 6.60. The van der Waals surface area contributed by atoms with Crippen LogP contribution < -0.4 is 15.6 Å². The topological polar surface area (TPSA) is 89.9 Å². The molecule has 8 heteroatoms. The van der Waals surface area contributed by atoms with Gasteiger partial charge in [0.15, 0.2) is 0 Å². The van der Waals surface area contributed by atoms with Gasteiger partial charge in [-0.05, 0) is 42.8 Å². The molecular formula is C30H30N6O2. The average molecular weight is 507 g/mol. The van der Waals surface area contributed by atoms with E-state index in [2.05, 4.69) is 25.6 Å². The quantitative estimate of drug-likeness (QED) is 0.291. The van der Waals surface area contributed by atoms with Gasteiger partial charge in [0.25, 0.3) is 5.91 Å². The Morgan fingerprint density at radius 1 is 0.921 bits per heavy atom. The van der Waals surface area contributed by atoms with Crippen LogP contribution in [-0.2, 0) is 4.79 Å². The second-order valence-electron chi connectivity index (χ2n) is 9.29. The van der Waals surface area contributed by atoms with E-state index in [9.17, 15) is 9.59 Å². The van der Waals surface area contributed by atoms with Crippen molar-refractivity contribution >= 4 is 40.4 Å². The van der Waals surface area contributed by atoms with Crippen LogP contribution in [0, 0.1) is 6.92 Å². The lowest BCUT2D eigenvalue weighted by Crippen LogP contribution is -2.49. The minimum atomic E-state index is -0.269. The van der Waals surface area contributed by atoms with Gasteiger partial charge >= 0.3 is 0 Å². The van der Waals surface area contributed by atoms with Crippen LogP contribution in [0.25, 0.3) is 10.9 Å². The Morgan fingerprint density at radius 3 is 2.42 bits per heavy atom. The maximum atomic E-state index is 12.6. The maximum Gasteiger partial charge on any atom is 0.271 e. The molecule has 0 atom stereocenters. The van der Waals surface area contributed by atoms with Crippen molar-refractivity contribution in [2.45, 2.75) is 6.92 Å². The number of nitrogens with one attached hydrogen (secondary N) is 2. The molecule has 1 saturated heterocycles. The Hall–Kier alpha value is -4.56. The van der Waals surface area contributed by atoms with E-state index in [1.54, 1.807) is 18.3 Å². The first-order chi connectivity index (χ1) is 18.6. The largest absolute Gasteiger partial charge is 0.353 e. The molecule has 5 rings (SSSR count). The second kappa shape index (κ2) is 11.7. The van der Waals surface area contributed by atoms with Gasteiger partial charge in [0, 0.05) is 48.4 Å². The van der Waals surface area contributed by atoms with Gasteiger partial charge in [0.2, 0.25) is 5.91 Å². The van der Waals surface area contributed by atoms with Gasteiger partial charge in [-0.2, -0.15) is 5.10 Å². The molecule has 1 aliphatic heterocycles. The predicted molar refractivity (Wildman–Crippen MR) is 152 cm³/mol. The number of hydrazone groups is 1. The molecule has 192 valence electrons. The Labute approximate surface area is 222 Å². The lowest BCUT2D eigenvalue weighted by atomic mass is 10.1. The number of piperazine rings is 1. The number of nitrogens with zero attached hydrogens (tertiary/aromatic N) is 4. The summed E-state index contributed by atoms with van der Waals surface area (Å²) in [7, 11) is 0. The number of aryl methyl sites for hydroxylation is 1. The summed E-state index contributed by atoms with van der Waals surface area (Å²) in [6.07, 6.45) is 1.65. The van der Waals surface area contributed by atoms with E-state index in [-0.39, 0.29) is 11.8 Å². The highest BCUT2D eigenvalue weighted by Gasteiger charge is 2.22. The highest BCUT2D eigenvalue weighted by molar-refractivity contribution is 5.97. The van der Waals surface area contributed by atoms with Gasteiger partial charge in [-0.1, -0.05) is 54.6 Å². The summed E-state index contributed by atoms with van der Waals surface area (Å²) in [5, 5.41) is 8.24. The fraction of sp³-hybridized carbons (Fsp3) is 0.200. The summed E-state index contributed by atoms with van der Waals surface area (Å²) < 4.78 is 0. The minimum absolute atomic E-state index is 0.0152. The van der Waals surface area contributed by atoms with Crippen molar-refractivity contribution in [1.82, 2.24) is 15.3 Å². The number of rotatable bonds is 7. The van der Waals surface area contributed by atoms with Crippen LogP contribution in [0.3, 0.4) is 0 Å². The molecule has 0 unspecified atom stereocenters. The standard InChI is InChI=1S/C30H30N6O2/c1-22-9-5-7-13-26(22)32-28(37)21-35-15-17-36(18-16-35)29-25(19-24-12-6-8-14-27(24)33-29)20-31-34-30(38)23-10-3-2-4-11-23/h2-14,19-20H,15-18,21H2,1H3,(H,32,37)(H,34,38)/b31-20+. The van der Waals surface area contributed by atoms with Crippen LogP contribution in [0.1, 0.15) is 21.5 Å². The van der Waals surface area contributed by atoms with E-state index >= 15 is 0 Å². The molecule has 0 saturated carbocycles. The SMILES string of the molecule is Cc1ccccc1NC(=O)CN1CCN(c2nc3ccccc3cc2/C=N/NC(=O)c2ccccc2)CC1. The van der Waals surface area contributed by atoms with Crippen molar-refractivity contribution in [3.8, 4) is 0 Å². The Kier molecular flexibility index (Phi) is 7.70. The molecule has 2 amide bonds. The molecule has 1 aromatic heterocycles. The molecule has 38 heavy (non-hydrogen) atoms. The van der Waals surface area contributed by atoms with E-state index in [4.69, 9.17) is 4.98 Å². The first kappa shape index (κ1) is 25.1. The highest BCUT2D eigenvalue weighted by Crippen LogP contribution is 2.24. The molecule has 1 aliphatic rings. The number of carbonyl (C=O) groups excluding carboxylic acids is 2. The molecule has 2 N–H and O–H groups in total. The Bertz CT molecular complexity index is 1460. The van der Waals surface area contributed by atoms with Gasteiger partial charge < -0.3 is 10.2 Å². The molecule has 0 spiro atoms. The van der Waals surface area contributed by atoms with E-state index in [1.165, 1.54) is 0 Å². The van der Waals surface area contributed by atoms with Gasteiger partial charge in [0.1, 0.15) is 5.82 Å². The molecular weight excluding hydrogens is 476 g/mol. The molecule has 4 aromatic rings. The summed E-state index contributed by atoms with van der Waals surface area (Å²) in [5.41, 5.74) is 6.76. The van der Waals surface area contributed by atoms with Crippen LogP contribution in [0.4, 0.5) is 11.5 Å². The number of anilines is 2. The minimum Gasteiger partial charge on any atom is -0.353 e. The number of hydrogen-bond donors (Lipinski definition) is 2. The fourth-order valence-electron chi connectivity index (χ4n) is 4.51. The van der Waals surface area contributed by atoms with Crippen LogP contribution in [0.2, 0.25) is 0 Å². The molecule has 8 nitrogen and oxygen atoms in total. The van der Waals surface area contributed by atoms with E-state index in [0.717, 1.165) is 59.7 Å². The van der Waals surface area contributed by atoms with Crippen LogP contribution in [-0.4, -0.2) is 60.6 Å². The number of carbonyl (C=O) groups is 2. The van der Waals surface area contributed by atoms with Crippen LogP contribution in [0.15, 0.2) is 90.0 Å². The van der Waals surface area contributed by atoms with Gasteiger partial charge in [-0.15, -0.1) is 0 Å². The lowest BCUT2D eigenvalue weighted by molar-refractivity contribution is -0.117. The third-order valence-electron chi connectivity index (χ3n) is 6.60. The van der Waals surface area contributed by atoms with Crippen molar-refractivity contribution < 1.29 is 9.59 Å². The van der Waals surface area contributed by atoms with E-state index < -0.39 is 0 Å². The number of aromatic nitrogens is 1. The fourth-order valence-corrected chi connectivity index (χ4v) is 4.51. The molecule has 0 aliphatic carbocycles. The molecule has 0 bridgehead atoms. The van der Waals surface area contributed by atoms with Gasteiger partial charge in [-0.3, -0.25) is 14.5 Å². The molecule has 3 aromatic carbocycles. The summed E-state index contributed by atoms with van der Waals surface area (Å²) >= 11 is 0. The summed E-state index contributed by atoms with van der Waals surface area (Å²) in [4.78, 5) is 34.3. The van der Waals surface area contributed by atoms with Gasteiger partial charge in [0.05, 0.1) is 18.3 Å². The summed E-state index contributed by atoms with van der Waals surface area (Å²) in [6, 6.07) is 26.8.